The van der Waals surface area contributed by atoms with Crippen molar-refractivity contribution in [1.82, 2.24) is 0 Å². The Morgan fingerprint density at radius 3 is 1.86 bits per heavy atom. The summed E-state index contributed by atoms with van der Waals surface area (Å²) in [7, 11) is -2.14. The highest BCUT2D eigenvalue weighted by atomic mass is 31.1. The molecule has 0 heterocycles. The predicted octanol–water partition coefficient (Wildman–Crippen LogP) is 4.41. The zero-order valence-electron chi connectivity index (χ0n) is 18.2. The van der Waals surface area contributed by atoms with Gasteiger partial charge in [0, 0.05) is 6.42 Å². The Balaban J connectivity index is 3.52. The van der Waals surface area contributed by atoms with Gasteiger partial charge in [0.05, 0.1) is 6.61 Å². The van der Waals surface area contributed by atoms with E-state index in [9.17, 15) is 14.5 Å². The Bertz CT molecular complexity index is 409. The third-order valence-electron chi connectivity index (χ3n) is 4.73. The van der Waals surface area contributed by atoms with Crippen LogP contribution >= 0.6 is 8.03 Å². The molecule has 0 bridgehead atoms. The molecule has 0 amide bonds. The fraction of sp³-hybridized carbons (Fsp3) is 0.952. The minimum Gasteiger partial charge on any atom is -0.457 e. The van der Waals surface area contributed by atoms with Crippen molar-refractivity contribution in [3.63, 3.8) is 0 Å². The van der Waals surface area contributed by atoms with Crippen LogP contribution in [0.15, 0.2) is 0 Å². The van der Waals surface area contributed by atoms with Gasteiger partial charge in [-0.3, -0.25) is 4.79 Å². The highest BCUT2D eigenvalue weighted by molar-refractivity contribution is 7.39. The Hall–Kier alpha value is -0.590. The lowest BCUT2D eigenvalue weighted by Crippen LogP contribution is -2.27. The number of hydrogen-bond donors (Lipinski definition) is 3. The van der Waals surface area contributed by atoms with Crippen molar-refractivity contribution in [2.45, 2.75) is 109 Å². The van der Waals surface area contributed by atoms with Crippen LogP contribution in [0.5, 0.6) is 0 Å². The third kappa shape index (κ3) is 20.5. The number of esters is 1. The number of ether oxygens (including phenoxy) is 1. The predicted molar refractivity (Wildman–Crippen MR) is 116 cm³/mol. The fourth-order valence-corrected chi connectivity index (χ4v) is 3.77. The monoisotopic (exact) mass is 436 g/mol. The average Bonchev–Trinajstić information content (AvgIpc) is 2.68. The zero-order valence-corrected chi connectivity index (χ0v) is 19.1. The lowest BCUT2D eigenvalue weighted by atomic mass is 10.0. The van der Waals surface area contributed by atoms with E-state index in [4.69, 9.17) is 20.1 Å². The largest absolute Gasteiger partial charge is 0.512 e. The number of unbranched alkanes of at least 4 members (excludes halogenated alkanes) is 12. The Labute approximate surface area is 177 Å². The van der Waals surface area contributed by atoms with Gasteiger partial charge in [0.15, 0.2) is 6.10 Å². The van der Waals surface area contributed by atoms with Gasteiger partial charge in [0.1, 0.15) is 12.8 Å². The third-order valence-corrected chi connectivity index (χ3v) is 5.84. The van der Waals surface area contributed by atoms with Crippen LogP contribution in [0.3, 0.4) is 0 Å². The molecule has 0 spiro atoms. The first-order valence-corrected chi connectivity index (χ1v) is 12.7. The molecule has 4 N–H and O–H groups in total. The lowest BCUT2D eigenvalue weighted by Gasteiger charge is -2.12. The van der Waals surface area contributed by atoms with Crippen molar-refractivity contribution in [3.05, 3.63) is 0 Å². The molecule has 0 radical (unpaired) electrons. The molecule has 172 valence electrons. The molecule has 0 aromatic heterocycles. The molecule has 0 aromatic rings. The van der Waals surface area contributed by atoms with Crippen molar-refractivity contribution >= 4 is 14.0 Å². The van der Waals surface area contributed by atoms with Crippen LogP contribution in [-0.4, -0.2) is 47.9 Å². The summed E-state index contributed by atoms with van der Waals surface area (Å²) in [5, 5.41) is 18.1. The zero-order chi connectivity index (χ0) is 21.7. The molecule has 7 nitrogen and oxygen atoms in total. The van der Waals surface area contributed by atoms with E-state index in [-0.39, 0.29) is 18.7 Å². The molecule has 0 rings (SSSR count). The second-order valence-electron chi connectivity index (χ2n) is 7.67. The van der Waals surface area contributed by atoms with E-state index in [1.54, 1.807) is 0 Å². The Morgan fingerprint density at radius 1 is 0.931 bits per heavy atom. The number of carbonyl (C=O) groups excluding carboxylic acids is 1. The van der Waals surface area contributed by atoms with Gasteiger partial charge in [0.25, 0.3) is 0 Å². The molecule has 0 saturated heterocycles. The van der Waals surface area contributed by atoms with Gasteiger partial charge in [0.2, 0.25) is 6.16 Å². The fourth-order valence-electron chi connectivity index (χ4n) is 3.03. The Kier molecular flexibility index (Phi) is 20.3. The van der Waals surface area contributed by atoms with Crippen molar-refractivity contribution in [1.29, 1.82) is 0 Å². The maximum atomic E-state index is 11.8. The second kappa shape index (κ2) is 20.7. The number of hydrogen-bond acceptors (Lipinski definition) is 7. The normalized spacial score (nSPS) is 13.9. The summed E-state index contributed by atoms with van der Waals surface area (Å²) in [4.78, 5) is 11.8. The van der Waals surface area contributed by atoms with Crippen LogP contribution in [-0.2, 0) is 18.6 Å². The van der Waals surface area contributed by atoms with Gasteiger partial charge >= 0.3 is 14.0 Å². The second-order valence-corrected chi connectivity index (χ2v) is 8.95. The smallest absolute Gasteiger partial charge is 0.457 e. The molecule has 0 aliphatic rings. The molecule has 29 heavy (non-hydrogen) atoms. The maximum Gasteiger partial charge on any atom is 0.512 e. The molecule has 0 saturated carbocycles. The van der Waals surface area contributed by atoms with Gasteiger partial charge in [-0.1, -0.05) is 84.0 Å². The summed E-state index contributed by atoms with van der Waals surface area (Å²) in [5.74, 6) is -0.384. The van der Waals surface area contributed by atoms with E-state index in [0.29, 0.717) is 6.42 Å². The molecule has 0 aromatic carbocycles. The molecule has 0 fully saturated rings. The molecule has 8 heteroatoms. The summed E-state index contributed by atoms with van der Waals surface area (Å²) in [6, 6.07) is 0. The van der Waals surface area contributed by atoms with E-state index < -0.39 is 27.0 Å². The summed E-state index contributed by atoms with van der Waals surface area (Å²) >= 11 is 0. The molecule has 3 atom stereocenters. The van der Waals surface area contributed by atoms with Crippen molar-refractivity contribution in [2.24, 2.45) is 5.73 Å². The van der Waals surface area contributed by atoms with E-state index >= 15 is 0 Å². The van der Waals surface area contributed by atoms with E-state index in [0.717, 1.165) is 19.3 Å². The lowest BCUT2D eigenvalue weighted by molar-refractivity contribution is -0.152. The van der Waals surface area contributed by atoms with Crippen LogP contribution in [0, 0.1) is 0 Å². The Morgan fingerprint density at radius 2 is 1.41 bits per heavy atom. The van der Waals surface area contributed by atoms with Gasteiger partial charge < -0.3 is 20.7 Å². The van der Waals surface area contributed by atoms with Crippen molar-refractivity contribution in [2.75, 3.05) is 19.4 Å². The van der Waals surface area contributed by atoms with Gasteiger partial charge in [-0.2, -0.15) is 0 Å². The minimum absolute atomic E-state index is 0.178. The first kappa shape index (κ1) is 28.4. The highest BCUT2D eigenvalue weighted by Gasteiger charge is 2.24. The molecule has 0 aliphatic carbocycles. The molecular weight excluding hydrogens is 393 g/mol. The van der Waals surface area contributed by atoms with Crippen molar-refractivity contribution in [3.8, 4) is 0 Å². The summed E-state index contributed by atoms with van der Waals surface area (Å²) in [6.07, 6.45) is 14.2. The van der Waals surface area contributed by atoms with Crippen molar-refractivity contribution < 1.29 is 28.8 Å². The molecular formula is C21H43NO6P+. The summed E-state index contributed by atoms with van der Waals surface area (Å²) in [5.41, 5.74) is 5.11. The number of rotatable bonds is 21. The first-order chi connectivity index (χ1) is 14.0. The van der Waals surface area contributed by atoms with E-state index in [1.165, 1.54) is 64.2 Å². The number of carbonyl (C=O) groups is 1. The van der Waals surface area contributed by atoms with Crippen LogP contribution in [0.1, 0.15) is 96.8 Å². The van der Waals surface area contributed by atoms with Crippen LogP contribution in [0.4, 0.5) is 0 Å². The highest BCUT2D eigenvalue weighted by Crippen LogP contribution is 2.22. The van der Waals surface area contributed by atoms with E-state index in [1.807, 2.05) is 0 Å². The molecule has 0 aliphatic heterocycles. The molecule has 3 unspecified atom stereocenters. The van der Waals surface area contributed by atoms with Crippen LogP contribution in [0.2, 0.25) is 0 Å². The standard InChI is InChI=1S/C21H43NO6P/c1-2-3-4-5-6-7-8-9-10-11-12-13-14-15-21(25)28-19(16-23)17-27-29(26)18-20(22)24/h19-20,23-24H,2-18,22H2,1H3/q+1. The van der Waals surface area contributed by atoms with Crippen LogP contribution in [0.25, 0.3) is 0 Å². The number of aliphatic hydroxyl groups is 2. The number of nitrogens with two attached hydrogens (primary N) is 1. The van der Waals surface area contributed by atoms with E-state index in [2.05, 4.69) is 6.92 Å². The SMILES string of the molecule is CCCCCCCCCCCCCCCC(=O)OC(CO)CO[P+](=O)CC(N)O. The van der Waals surface area contributed by atoms with Gasteiger partial charge in [-0.25, -0.2) is 0 Å². The average molecular weight is 437 g/mol. The minimum atomic E-state index is -2.14. The van der Waals surface area contributed by atoms with Crippen LogP contribution < -0.4 is 5.73 Å². The quantitative estimate of drug-likeness (QED) is 0.106. The summed E-state index contributed by atoms with van der Waals surface area (Å²) in [6.45, 7) is 1.66. The first-order valence-electron chi connectivity index (χ1n) is 11.3. The topological polar surface area (TPSA) is 119 Å². The van der Waals surface area contributed by atoms with Gasteiger partial charge in [-0.05, 0) is 11.0 Å². The number of aliphatic hydroxyl groups excluding tert-OH is 2. The maximum absolute atomic E-state index is 11.8. The summed E-state index contributed by atoms with van der Waals surface area (Å²) < 4.78 is 21.5. The van der Waals surface area contributed by atoms with Gasteiger partial charge in [-0.15, -0.1) is 4.52 Å².